The molecule has 0 amide bonds. The molecule has 6 nitrogen and oxygen atoms in total. The Morgan fingerprint density at radius 3 is 2.52 bits per heavy atom. The van der Waals surface area contributed by atoms with Gasteiger partial charge in [-0.05, 0) is 19.1 Å². The first-order valence-corrected chi connectivity index (χ1v) is 8.16. The molecule has 0 bridgehead atoms. The van der Waals surface area contributed by atoms with Gasteiger partial charge in [-0.3, -0.25) is 4.98 Å². The summed E-state index contributed by atoms with van der Waals surface area (Å²) < 4.78 is 80.5. The van der Waals surface area contributed by atoms with Gasteiger partial charge >= 0.3 is 12.4 Å². The molecule has 3 heterocycles. The number of anilines is 1. The van der Waals surface area contributed by atoms with Gasteiger partial charge in [0.15, 0.2) is 5.65 Å². The number of fused-ring (bicyclic) bond motifs is 1. The van der Waals surface area contributed by atoms with Gasteiger partial charge in [-0.15, -0.1) is 0 Å². The number of halogens is 7. The minimum atomic E-state index is -4.86. The molecule has 0 radical (unpaired) electrons. The number of aromatic nitrogens is 4. The summed E-state index contributed by atoms with van der Waals surface area (Å²) in [4.78, 5) is 7.52. The molecule has 0 spiro atoms. The van der Waals surface area contributed by atoms with E-state index in [-0.39, 0.29) is 11.2 Å². The Bertz CT molecular complexity index is 1110. The molecule has 1 unspecified atom stereocenters. The maximum absolute atomic E-state index is 13.5. The average molecular weight is 435 g/mol. The molecule has 0 saturated carbocycles. The van der Waals surface area contributed by atoms with Crippen LogP contribution in [0.5, 0.6) is 0 Å². The van der Waals surface area contributed by atoms with E-state index in [2.05, 4.69) is 20.4 Å². The van der Waals surface area contributed by atoms with Crippen molar-refractivity contribution in [3.8, 4) is 17.3 Å². The molecular weight excluding hydrogens is 426 g/mol. The Kier molecular flexibility index (Phi) is 5.04. The second-order valence-corrected chi connectivity index (χ2v) is 6.19. The maximum atomic E-state index is 13.5. The van der Waals surface area contributed by atoms with Crippen molar-refractivity contribution in [2.75, 3.05) is 5.32 Å². The lowest BCUT2D eigenvalue weighted by Gasteiger charge is -2.22. The van der Waals surface area contributed by atoms with Gasteiger partial charge in [0.1, 0.15) is 28.6 Å². The molecule has 1 N–H and O–H groups in total. The highest BCUT2D eigenvalue weighted by Gasteiger charge is 2.39. The molecule has 3 aromatic heterocycles. The molecule has 0 aliphatic heterocycles. The van der Waals surface area contributed by atoms with E-state index >= 15 is 0 Å². The Labute approximate surface area is 163 Å². The third-order valence-electron chi connectivity index (χ3n) is 3.92. The highest BCUT2D eigenvalue weighted by atomic mass is 35.5. The molecule has 0 saturated heterocycles. The predicted molar refractivity (Wildman–Crippen MR) is 90.1 cm³/mol. The minimum Gasteiger partial charge on any atom is -0.358 e. The Morgan fingerprint density at radius 2 is 1.93 bits per heavy atom. The van der Waals surface area contributed by atoms with Crippen LogP contribution in [0.15, 0.2) is 24.5 Å². The summed E-state index contributed by atoms with van der Waals surface area (Å²) in [6.07, 6.45) is -7.56. The van der Waals surface area contributed by atoms with Crippen molar-refractivity contribution in [1.82, 2.24) is 19.6 Å². The number of hydrogen-bond donors (Lipinski definition) is 1. The minimum absolute atomic E-state index is 0.127. The molecule has 0 aliphatic rings. The molecule has 0 aliphatic carbocycles. The third kappa shape index (κ3) is 3.77. The number of nitriles is 1. The summed E-state index contributed by atoms with van der Waals surface area (Å²) in [5.41, 5.74) is -2.83. The van der Waals surface area contributed by atoms with Crippen molar-refractivity contribution < 1.29 is 26.3 Å². The van der Waals surface area contributed by atoms with Crippen LogP contribution in [0.2, 0.25) is 5.15 Å². The van der Waals surface area contributed by atoms with Crippen LogP contribution in [-0.2, 0) is 6.18 Å². The average Bonchev–Trinajstić information content (AvgIpc) is 3.03. The molecule has 0 fully saturated rings. The maximum Gasteiger partial charge on any atom is 0.418 e. The summed E-state index contributed by atoms with van der Waals surface area (Å²) >= 11 is 6.06. The molecule has 3 rings (SSSR count). The highest BCUT2D eigenvalue weighted by Crippen LogP contribution is 2.42. The van der Waals surface area contributed by atoms with Crippen LogP contribution in [0.3, 0.4) is 0 Å². The van der Waals surface area contributed by atoms with Crippen molar-refractivity contribution >= 4 is 23.1 Å². The zero-order valence-corrected chi connectivity index (χ0v) is 15.0. The summed E-state index contributed by atoms with van der Waals surface area (Å²) in [6, 6.07) is 1.29. The van der Waals surface area contributed by atoms with Crippen LogP contribution in [-0.4, -0.2) is 31.8 Å². The van der Waals surface area contributed by atoms with Crippen molar-refractivity contribution in [2.45, 2.75) is 25.3 Å². The zero-order valence-electron chi connectivity index (χ0n) is 14.3. The van der Waals surface area contributed by atoms with Gasteiger partial charge in [-0.1, -0.05) is 11.6 Å². The summed E-state index contributed by atoms with van der Waals surface area (Å²) in [5.74, 6) is -0.532. The predicted octanol–water partition coefficient (Wildman–Crippen LogP) is 4.70. The van der Waals surface area contributed by atoms with Gasteiger partial charge in [-0.2, -0.15) is 41.2 Å². The lowest BCUT2D eigenvalue weighted by atomic mass is 10.1. The van der Waals surface area contributed by atoms with Crippen LogP contribution in [0.4, 0.5) is 32.2 Å². The van der Waals surface area contributed by atoms with Gasteiger partial charge in [0.05, 0.1) is 23.0 Å². The SMILES string of the molecule is CC(Nc1c(-c2ncccc2C(F)(F)F)c(Cl)nc2c(C#N)cnn12)C(F)(F)F. The molecule has 0 aromatic carbocycles. The van der Waals surface area contributed by atoms with E-state index in [9.17, 15) is 26.3 Å². The van der Waals surface area contributed by atoms with E-state index in [1.54, 1.807) is 6.07 Å². The Balaban J connectivity index is 2.38. The van der Waals surface area contributed by atoms with E-state index in [0.29, 0.717) is 6.07 Å². The summed E-state index contributed by atoms with van der Waals surface area (Å²) in [6.45, 7) is 0.766. The topological polar surface area (TPSA) is 78.9 Å². The second-order valence-electron chi connectivity index (χ2n) is 5.84. The summed E-state index contributed by atoms with van der Waals surface area (Å²) in [7, 11) is 0. The smallest absolute Gasteiger partial charge is 0.358 e. The molecule has 3 aromatic rings. The Morgan fingerprint density at radius 1 is 1.24 bits per heavy atom. The van der Waals surface area contributed by atoms with Crippen LogP contribution in [0, 0.1) is 11.3 Å². The van der Waals surface area contributed by atoms with Gasteiger partial charge in [0.2, 0.25) is 0 Å². The quantitative estimate of drug-likeness (QED) is 0.477. The molecule has 1 atom stereocenters. The van der Waals surface area contributed by atoms with Gasteiger partial charge in [0.25, 0.3) is 0 Å². The van der Waals surface area contributed by atoms with Gasteiger partial charge < -0.3 is 5.32 Å². The first-order valence-electron chi connectivity index (χ1n) is 7.78. The number of pyridine rings is 1. The lowest BCUT2D eigenvalue weighted by molar-refractivity contribution is -0.139. The van der Waals surface area contributed by atoms with Gasteiger partial charge in [-0.25, -0.2) is 4.98 Å². The Hall–Kier alpha value is -3.07. The fourth-order valence-electron chi connectivity index (χ4n) is 2.51. The van der Waals surface area contributed by atoms with Crippen LogP contribution in [0.25, 0.3) is 16.9 Å². The fourth-order valence-corrected chi connectivity index (χ4v) is 2.77. The van der Waals surface area contributed by atoms with E-state index in [4.69, 9.17) is 16.9 Å². The van der Waals surface area contributed by atoms with E-state index in [1.807, 2.05) is 0 Å². The van der Waals surface area contributed by atoms with Crippen LogP contribution >= 0.6 is 11.6 Å². The highest BCUT2D eigenvalue weighted by molar-refractivity contribution is 6.33. The van der Waals surface area contributed by atoms with Crippen molar-refractivity contribution in [2.24, 2.45) is 0 Å². The van der Waals surface area contributed by atoms with E-state index < -0.39 is 46.2 Å². The molecular formula is C16H9ClF6N6. The monoisotopic (exact) mass is 434 g/mol. The van der Waals surface area contributed by atoms with Crippen molar-refractivity contribution in [1.29, 1.82) is 5.26 Å². The number of alkyl halides is 6. The standard InChI is InChI=1S/C16H9ClF6N6/c1-7(15(18,19)20)27-14-10(11-9(16(21,22)23)3-2-4-25-11)12(17)28-13-8(5-24)6-26-29(13)14/h2-4,6-7,27H,1H3. The van der Waals surface area contributed by atoms with Crippen LogP contribution < -0.4 is 5.32 Å². The van der Waals surface area contributed by atoms with Crippen molar-refractivity contribution in [3.63, 3.8) is 0 Å². The fraction of sp³-hybridized carbons (Fsp3) is 0.250. The molecule has 29 heavy (non-hydrogen) atoms. The molecule has 13 heteroatoms. The zero-order chi connectivity index (χ0) is 21.6. The van der Waals surface area contributed by atoms with E-state index in [0.717, 1.165) is 29.9 Å². The van der Waals surface area contributed by atoms with E-state index in [1.165, 1.54) is 0 Å². The summed E-state index contributed by atoms with van der Waals surface area (Å²) in [5, 5.41) is 14.4. The number of nitrogens with one attached hydrogen (secondary N) is 1. The lowest BCUT2D eigenvalue weighted by Crippen LogP contribution is -2.34. The number of hydrogen-bond acceptors (Lipinski definition) is 5. The number of nitrogens with zero attached hydrogens (tertiary/aromatic N) is 5. The first kappa shape index (κ1) is 20.7. The molecule has 152 valence electrons. The normalized spacial score (nSPS) is 13.3. The first-order chi connectivity index (χ1) is 13.4. The van der Waals surface area contributed by atoms with Crippen molar-refractivity contribution in [3.05, 3.63) is 40.8 Å². The largest absolute Gasteiger partial charge is 0.418 e. The number of rotatable bonds is 3. The third-order valence-corrected chi connectivity index (χ3v) is 4.19. The van der Waals surface area contributed by atoms with Crippen LogP contribution in [0.1, 0.15) is 18.1 Å². The second kappa shape index (κ2) is 7.07. The van der Waals surface area contributed by atoms with Gasteiger partial charge in [0, 0.05) is 6.20 Å².